The monoisotopic (exact) mass is 392 g/mol. The lowest BCUT2D eigenvalue weighted by molar-refractivity contribution is -0.385. The summed E-state index contributed by atoms with van der Waals surface area (Å²) in [5, 5.41) is 10.7. The van der Waals surface area contributed by atoms with Crippen LogP contribution >= 0.6 is 38.5 Å². The van der Waals surface area contributed by atoms with Crippen molar-refractivity contribution in [2.75, 3.05) is 0 Å². The Morgan fingerprint density at radius 3 is 2.67 bits per heavy atom. The third-order valence-electron chi connectivity index (χ3n) is 1.66. The molecule has 0 aliphatic heterocycles. The molecular weight excluding hydrogens is 389 g/mol. The van der Waals surface area contributed by atoms with Gasteiger partial charge in [0.25, 0.3) is 12.1 Å². The van der Waals surface area contributed by atoms with Crippen molar-refractivity contribution >= 4 is 44.2 Å². The average Bonchev–Trinajstić information content (AvgIpc) is 2.16. The van der Waals surface area contributed by atoms with Crippen molar-refractivity contribution in [1.29, 1.82) is 0 Å². The van der Waals surface area contributed by atoms with E-state index in [-0.39, 0.29) is 20.2 Å². The van der Waals surface area contributed by atoms with Crippen LogP contribution in [-0.4, -0.2) is 9.91 Å². The van der Waals surface area contributed by atoms with Gasteiger partial charge in [0, 0.05) is 5.33 Å². The number of alkyl halides is 3. The molecule has 0 N–H and O–H groups in total. The van der Waals surface area contributed by atoms with Crippen molar-refractivity contribution in [2.24, 2.45) is 0 Å². The summed E-state index contributed by atoms with van der Waals surface area (Å²) in [6.07, 6.45) is -1.87. The van der Waals surface area contributed by atoms with Gasteiger partial charge in [0.1, 0.15) is 11.9 Å². The Kier molecular flexibility index (Phi) is 4.32. The summed E-state index contributed by atoms with van der Waals surface area (Å²) in [5.74, 6) is 0. The standard InChI is InChI=1S/C7H4BrF2IN2O2/c8-1-3-4(13(14)15)2-12-6(5(3)11)7(9)10/h2,7H,1H2. The maximum Gasteiger partial charge on any atom is 0.292 e. The van der Waals surface area contributed by atoms with Crippen LogP contribution in [0.3, 0.4) is 0 Å². The molecule has 0 fully saturated rings. The molecule has 1 aromatic heterocycles. The summed E-state index contributed by atoms with van der Waals surface area (Å²) in [7, 11) is 0. The Balaban J connectivity index is 3.39. The van der Waals surface area contributed by atoms with Crippen molar-refractivity contribution in [3.05, 3.63) is 31.1 Å². The Hall–Kier alpha value is -0.380. The van der Waals surface area contributed by atoms with Gasteiger partial charge in [-0.15, -0.1) is 0 Å². The summed E-state index contributed by atoms with van der Waals surface area (Å²) < 4.78 is 25.0. The van der Waals surface area contributed by atoms with Crippen LogP contribution in [0.1, 0.15) is 17.7 Å². The lowest BCUT2D eigenvalue weighted by Gasteiger charge is -2.06. The van der Waals surface area contributed by atoms with Gasteiger partial charge in [0.15, 0.2) is 0 Å². The van der Waals surface area contributed by atoms with Crippen LogP contribution in [0.4, 0.5) is 14.5 Å². The van der Waals surface area contributed by atoms with Gasteiger partial charge in [0.2, 0.25) is 0 Å². The van der Waals surface area contributed by atoms with Crippen LogP contribution in [0.15, 0.2) is 6.20 Å². The lowest BCUT2D eigenvalue weighted by Crippen LogP contribution is -2.03. The van der Waals surface area contributed by atoms with E-state index < -0.39 is 17.0 Å². The summed E-state index contributed by atoms with van der Waals surface area (Å²) in [4.78, 5) is 13.3. The largest absolute Gasteiger partial charge is 0.292 e. The predicted octanol–water partition coefficient (Wildman–Crippen LogP) is 3.43. The molecule has 0 amide bonds. The van der Waals surface area contributed by atoms with Crippen molar-refractivity contribution in [3.8, 4) is 0 Å². The number of aromatic nitrogens is 1. The van der Waals surface area contributed by atoms with Gasteiger partial charge in [-0.3, -0.25) is 10.1 Å². The second-order valence-electron chi connectivity index (χ2n) is 2.51. The van der Waals surface area contributed by atoms with E-state index in [9.17, 15) is 18.9 Å². The van der Waals surface area contributed by atoms with E-state index >= 15 is 0 Å². The van der Waals surface area contributed by atoms with Crippen molar-refractivity contribution < 1.29 is 13.7 Å². The molecule has 4 nitrogen and oxygen atoms in total. The van der Waals surface area contributed by atoms with Gasteiger partial charge in [-0.25, -0.2) is 13.8 Å². The molecule has 0 spiro atoms. The number of hydrogen-bond acceptors (Lipinski definition) is 3. The Morgan fingerprint density at radius 2 is 2.27 bits per heavy atom. The molecule has 0 radical (unpaired) electrons. The highest BCUT2D eigenvalue weighted by Gasteiger charge is 2.23. The highest BCUT2D eigenvalue weighted by molar-refractivity contribution is 14.1. The van der Waals surface area contributed by atoms with Crippen LogP contribution in [0.25, 0.3) is 0 Å². The zero-order valence-corrected chi connectivity index (χ0v) is 10.8. The molecule has 0 unspecified atom stereocenters. The van der Waals surface area contributed by atoms with Crippen LogP contribution in [-0.2, 0) is 5.33 Å². The number of rotatable bonds is 3. The Labute approximate surface area is 105 Å². The first-order chi connectivity index (χ1) is 6.99. The maximum atomic E-state index is 12.4. The number of nitrogens with zero attached hydrogens (tertiary/aromatic N) is 2. The van der Waals surface area contributed by atoms with Crippen molar-refractivity contribution in [1.82, 2.24) is 4.98 Å². The molecule has 15 heavy (non-hydrogen) atoms. The van der Waals surface area contributed by atoms with E-state index in [0.717, 1.165) is 6.20 Å². The molecule has 1 rings (SSSR count). The molecule has 0 atom stereocenters. The van der Waals surface area contributed by atoms with E-state index in [1.165, 1.54) is 0 Å². The molecule has 0 aromatic carbocycles. The maximum absolute atomic E-state index is 12.4. The Morgan fingerprint density at radius 1 is 1.67 bits per heavy atom. The predicted molar refractivity (Wildman–Crippen MR) is 61.2 cm³/mol. The van der Waals surface area contributed by atoms with Crippen LogP contribution < -0.4 is 0 Å². The van der Waals surface area contributed by atoms with Crippen molar-refractivity contribution in [2.45, 2.75) is 11.8 Å². The third-order valence-corrected chi connectivity index (χ3v) is 3.43. The van der Waals surface area contributed by atoms with Gasteiger partial charge in [0.05, 0.1) is 14.1 Å². The van der Waals surface area contributed by atoms with Crippen LogP contribution in [0.2, 0.25) is 0 Å². The fourth-order valence-corrected chi connectivity index (χ4v) is 2.90. The van der Waals surface area contributed by atoms with Gasteiger partial charge in [-0.1, -0.05) is 15.9 Å². The normalized spacial score (nSPS) is 10.7. The lowest BCUT2D eigenvalue weighted by atomic mass is 10.2. The van der Waals surface area contributed by atoms with E-state index in [0.29, 0.717) is 0 Å². The molecule has 0 aliphatic carbocycles. The van der Waals surface area contributed by atoms with Crippen LogP contribution in [0, 0.1) is 13.7 Å². The van der Waals surface area contributed by atoms with Crippen LogP contribution in [0.5, 0.6) is 0 Å². The summed E-state index contributed by atoms with van der Waals surface area (Å²) >= 11 is 4.67. The first kappa shape index (κ1) is 12.7. The molecule has 0 aliphatic rings. The number of nitro groups is 1. The zero-order valence-electron chi connectivity index (χ0n) is 7.08. The minimum atomic E-state index is -2.73. The molecular formula is C7H4BrF2IN2O2. The van der Waals surface area contributed by atoms with Gasteiger partial charge in [-0.05, 0) is 22.6 Å². The molecule has 1 aromatic rings. The summed E-state index contributed by atoms with van der Waals surface area (Å²) in [6, 6.07) is 0. The van der Waals surface area contributed by atoms with E-state index in [1.807, 2.05) is 0 Å². The van der Waals surface area contributed by atoms with Crippen molar-refractivity contribution in [3.63, 3.8) is 0 Å². The highest BCUT2D eigenvalue weighted by Crippen LogP contribution is 2.31. The molecule has 0 saturated carbocycles. The first-order valence-electron chi connectivity index (χ1n) is 3.64. The minimum absolute atomic E-state index is 0.133. The molecule has 0 bridgehead atoms. The molecule has 0 saturated heterocycles. The van der Waals surface area contributed by atoms with Gasteiger partial charge < -0.3 is 0 Å². The summed E-state index contributed by atoms with van der Waals surface area (Å²) in [6.45, 7) is 0. The second kappa shape index (κ2) is 5.10. The summed E-state index contributed by atoms with van der Waals surface area (Å²) in [5.41, 5.74) is -0.442. The zero-order chi connectivity index (χ0) is 11.6. The van der Waals surface area contributed by atoms with Gasteiger partial charge in [-0.2, -0.15) is 0 Å². The van der Waals surface area contributed by atoms with E-state index in [1.54, 1.807) is 22.6 Å². The fourth-order valence-electron chi connectivity index (χ4n) is 0.969. The number of pyridine rings is 1. The topological polar surface area (TPSA) is 56.0 Å². The SMILES string of the molecule is O=[N+]([O-])c1cnc(C(F)F)c(I)c1CBr. The number of halogens is 4. The molecule has 82 valence electrons. The fraction of sp³-hybridized carbons (Fsp3) is 0.286. The highest BCUT2D eigenvalue weighted by atomic mass is 127. The second-order valence-corrected chi connectivity index (χ2v) is 4.15. The third kappa shape index (κ3) is 2.60. The smallest absolute Gasteiger partial charge is 0.258 e. The van der Waals surface area contributed by atoms with E-state index in [2.05, 4.69) is 20.9 Å². The first-order valence-corrected chi connectivity index (χ1v) is 5.84. The number of hydrogen-bond donors (Lipinski definition) is 0. The van der Waals surface area contributed by atoms with E-state index in [4.69, 9.17) is 0 Å². The Bertz CT molecular complexity index is 403. The quantitative estimate of drug-likeness (QED) is 0.343. The molecule has 1 heterocycles. The average molecular weight is 393 g/mol. The molecule has 8 heteroatoms. The minimum Gasteiger partial charge on any atom is -0.258 e. The van der Waals surface area contributed by atoms with Gasteiger partial charge >= 0.3 is 0 Å².